The fourth-order valence-electron chi connectivity index (χ4n) is 0.305. The van der Waals surface area contributed by atoms with Crippen molar-refractivity contribution in [3.8, 4) is 0 Å². The van der Waals surface area contributed by atoms with E-state index in [4.69, 9.17) is 0 Å². The summed E-state index contributed by atoms with van der Waals surface area (Å²) < 4.78 is 0. The molecule has 0 aliphatic carbocycles. The van der Waals surface area contributed by atoms with Gasteiger partial charge in [-0.2, -0.15) is 0 Å². The summed E-state index contributed by atoms with van der Waals surface area (Å²) in [5, 5.41) is 5.49. The van der Waals surface area contributed by atoms with Gasteiger partial charge in [0.15, 0.2) is 0 Å². The molecule has 0 rings (SSSR count). The zero-order chi connectivity index (χ0) is 6.41. The van der Waals surface area contributed by atoms with Gasteiger partial charge in [-0.15, -0.1) is 0 Å². The molecule has 3 nitrogen and oxygen atoms in total. The highest BCUT2D eigenvalue weighted by Gasteiger charge is 1.86. The standard InChI is InChI=1S/C5H12N2O/c1-5(2)7-3-6-4-8/h4-5,7H,3H2,1-2H3,(H,6,8). The van der Waals surface area contributed by atoms with E-state index in [0.29, 0.717) is 19.1 Å². The van der Waals surface area contributed by atoms with Crippen LogP contribution in [0.1, 0.15) is 13.8 Å². The van der Waals surface area contributed by atoms with Crippen LogP contribution in [0.2, 0.25) is 0 Å². The Balaban J connectivity index is 2.81. The molecule has 0 unspecified atom stereocenters. The van der Waals surface area contributed by atoms with Crippen molar-refractivity contribution in [3.05, 3.63) is 0 Å². The quantitative estimate of drug-likeness (QED) is 0.300. The Labute approximate surface area is 49.5 Å². The maximum atomic E-state index is 9.64. The van der Waals surface area contributed by atoms with Gasteiger partial charge in [-0.05, 0) is 13.8 Å². The zero-order valence-electron chi connectivity index (χ0n) is 5.27. The van der Waals surface area contributed by atoms with Gasteiger partial charge in [0.25, 0.3) is 0 Å². The number of hydrogen-bond acceptors (Lipinski definition) is 2. The van der Waals surface area contributed by atoms with E-state index in [2.05, 4.69) is 10.6 Å². The number of amides is 1. The maximum absolute atomic E-state index is 9.64. The van der Waals surface area contributed by atoms with Gasteiger partial charge >= 0.3 is 0 Å². The van der Waals surface area contributed by atoms with Crippen LogP contribution < -0.4 is 10.6 Å². The molecule has 0 aromatic carbocycles. The van der Waals surface area contributed by atoms with E-state index >= 15 is 0 Å². The number of rotatable bonds is 4. The van der Waals surface area contributed by atoms with Gasteiger partial charge in [-0.3, -0.25) is 10.1 Å². The van der Waals surface area contributed by atoms with Crippen LogP contribution in [0.25, 0.3) is 0 Å². The van der Waals surface area contributed by atoms with Crippen LogP contribution in [-0.2, 0) is 4.79 Å². The number of hydrogen-bond donors (Lipinski definition) is 2. The van der Waals surface area contributed by atoms with E-state index in [1.165, 1.54) is 0 Å². The van der Waals surface area contributed by atoms with Crippen molar-refractivity contribution in [2.24, 2.45) is 0 Å². The molecule has 0 spiro atoms. The van der Waals surface area contributed by atoms with Crippen molar-refractivity contribution in [1.29, 1.82) is 0 Å². The molecule has 0 aromatic rings. The van der Waals surface area contributed by atoms with Crippen molar-refractivity contribution in [2.45, 2.75) is 19.9 Å². The van der Waals surface area contributed by atoms with E-state index in [1.807, 2.05) is 13.8 Å². The fourth-order valence-corrected chi connectivity index (χ4v) is 0.305. The molecule has 0 aliphatic heterocycles. The average Bonchev–Trinajstić information content (AvgIpc) is 1.66. The second-order valence-corrected chi connectivity index (χ2v) is 1.86. The van der Waals surface area contributed by atoms with Crippen LogP contribution >= 0.6 is 0 Å². The second-order valence-electron chi connectivity index (χ2n) is 1.86. The molecule has 3 heteroatoms. The molecule has 2 N–H and O–H groups in total. The van der Waals surface area contributed by atoms with Gasteiger partial charge in [0.2, 0.25) is 6.41 Å². The molecule has 0 fully saturated rings. The number of nitrogens with one attached hydrogen (secondary N) is 2. The minimum absolute atomic E-state index is 0.433. The summed E-state index contributed by atoms with van der Waals surface area (Å²) >= 11 is 0. The summed E-state index contributed by atoms with van der Waals surface area (Å²) in [4.78, 5) is 9.64. The van der Waals surface area contributed by atoms with Gasteiger partial charge in [0.05, 0.1) is 6.67 Å². The Hall–Kier alpha value is -0.570. The smallest absolute Gasteiger partial charge is 0.208 e. The molecule has 48 valence electrons. The lowest BCUT2D eigenvalue weighted by atomic mass is 10.4. The molecule has 0 bridgehead atoms. The largest absolute Gasteiger partial charge is 0.346 e. The Kier molecular flexibility index (Phi) is 4.26. The summed E-state index contributed by atoms with van der Waals surface area (Å²) in [6.07, 6.45) is 0.676. The molecule has 0 aliphatic rings. The van der Waals surface area contributed by atoms with Gasteiger partial charge in [-0.25, -0.2) is 0 Å². The Morgan fingerprint density at radius 1 is 1.62 bits per heavy atom. The topological polar surface area (TPSA) is 41.1 Å². The lowest BCUT2D eigenvalue weighted by molar-refractivity contribution is -0.109. The fraction of sp³-hybridized carbons (Fsp3) is 0.800. The van der Waals surface area contributed by atoms with Crippen LogP contribution in [-0.4, -0.2) is 19.1 Å². The molecule has 0 saturated heterocycles. The molecule has 0 aromatic heterocycles. The van der Waals surface area contributed by atoms with E-state index in [9.17, 15) is 4.79 Å². The molecule has 8 heavy (non-hydrogen) atoms. The first kappa shape index (κ1) is 7.43. The highest BCUT2D eigenvalue weighted by atomic mass is 16.1. The summed E-state index contributed by atoms with van der Waals surface area (Å²) in [7, 11) is 0. The Morgan fingerprint density at radius 2 is 2.25 bits per heavy atom. The Morgan fingerprint density at radius 3 is 2.62 bits per heavy atom. The van der Waals surface area contributed by atoms with Crippen LogP contribution in [0.4, 0.5) is 0 Å². The van der Waals surface area contributed by atoms with Crippen molar-refractivity contribution in [3.63, 3.8) is 0 Å². The minimum atomic E-state index is 0.433. The molecule has 0 radical (unpaired) electrons. The minimum Gasteiger partial charge on any atom is -0.346 e. The molecular formula is C5H12N2O. The Bertz CT molecular complexity index is 63.4. The first-order valence-corrected chi connectivity index (χ1v) is 2.67. The summed E-state index contributed by atoms with van der Waals surface area (Å²) in [6.45, 7) is 4.60. The van der Waals surface area contributed by atoms with E-state index in [0.717, 1.165) is 0 Å². The van der Waals surface area contributed by atoms with Crippen LogP contribution in [0, 0.1) is 0 Å². The van der Waals surface area contributed by atoms with Crippen LogP contribution in [0.5, 0.6) is 0 Å². The lowest BCUT2D eigenvalue weighted by Crippen LogP contribution is -2.32. The van der Waals surface area contributed by atoms with Gasteiger partial charge < -0.3 is 5.32 Å². The molecule has 0 saturated carbocycles. The summed E-state index contributed by atoms with van der Waals surface area (Å²) in [5.74, 6) is 0. The van der Waals surface area contributed by atoms with Crippen LogP contribution in [0.15, 0.2) is 0 Å². The first-order chi connectivity index (χ1) is 3.77. The molecule has 0 atom stereocenters. The third-order valence-corrected chi connectivity index (χ3v) is 0.696. The number of carbonyl (C=O) groups excluding carboxylic acids is 1. The molecule has 1 amide bonds. The molecular weight excluding hydrogens is 104 g/mol. The zero-order valence-corrected chi connectivity index (χ0v) is 5.27. The summed E-state index contributed by atoms with van der Waals surface area (Å²) in [5.41, 5.74) is 0. The van der Waals surface area contributed by atoms with Crippen molar-refractivity contribution < 1.29 is 4.79 Å². The van der Waals surface area contributed by atoms with Gasteiger partial charge in [0.1, 0.15) is 0 Å². The summed E-state index contributed by atoms with van der Waals surface area (Å²) in [6, 6.07) is 0.433. The SMILES string of the molecule is CC(C)NCNC=O. The third kappa shape index (κ3) is 5.43. The van der Waals surface area contributed by atoms with E-state index in [-0.39, 0.29) is 0 Å². The first-order valence-electron chi connectivity index (χ1n) is 2.67. The highest BCUT2D eigenvalue weighted by Crippen LogP contribution is 1.69. The normalized spacial score (nSPS) is 9.38. The predicted molar refractivity (Wildman–Crippen MR) is 32.3 cm³/mol. The van der Waals surface area contributed by atoms with E-state index < -0.39 is 0 Å². The highest BCUT2D eigenvalue weighted by molar-refractivity contribution is 5.45. The van der Waals surface area contributed by atoms with Crippen LogP contribution in [0.3, 0.4) is 0 Å². The lowest BCUT2D eigenvalue weighted by Gasteiger charge is -2.04. The van der Waals surface area contributed by atoms with Gasteiger partial charge in [0, 0.05) is 6.04 Å². The van der Waals surface area contributed by atoms with Crippen molar-refractivity contribution in [1.82, 2.24) is 10.6 Å². The predicted octanol–water partition coefficient (Wildman–Crippen LogP) is -0.312. The number of carbonyl (C=O) groups is 1. The average molecular weight is 116 g/mol. The third-order valence-electron chi connectivity index (χ3n) is 0.696. The van der Waals surface area contributed by atoms with Crippen molar-refractivity contribution in [2.75, 3.05) is 6.67 Å². The van der Waals surface area contributed by atoms with Crippen molar-refractivity contribution >= 4 is 6.41 Å². The monoisotopic (exact) mass is 116 g/mol. The van der Waals surface area contributed by atoms with E-state index in [1.54, 1.807) is 0 Å². The molecule has 0 heterocycles. The second kappa shape index (κ2) is 4.59. The van der Waals surface area contributed by atoms with Gasteiger partial charge in [-0.1, -0.05) is 0 Å². The maximum Gasteiger partial charge on any atom is 0.208 e.